The number of carbonyl (C=O) groups excluding carboxylic acids is 3. The number of piperidine rings is 1. The first kappa shape index (κ1) is 18.8. The van der Waals surface area contributed by atoms with Crippen LogP contribution in [0.1, 0.15) is 71.6 Å². The van der Waals surface area contributed by atoms with Crippen molar-refractivity contribution in [1.29, 1.82) is 0 Å². The van der Waals surface area contributed by atoms with E-state index < -0.39 is 0 Å². The molecular weight excluding hydrogens is 342 g/mol. The summed E-state index contributed by atoms with van der Waals surface area (Å²) in [5.74, 6) is 0.349. The molecule has 150 valence electrons. The Morgan fingerprint density at radius 3 is 2.56 bits per heavy atom. The molecule has 1 saturated carbocycles. The summed E-state index contributed by atoms with van der Waals surface area (Å²) < 4.78 is 0. The van der Waals surface area contributed by atoms with Crippen molar-refractivity contribution in [2.45, 2.75) is 89.8 Å². The van der Waals surface area contributed by atoms with Crippen LogP contribution in [0.3, 0.4) is 0 Å². The summed E-state index contributed by atoms with van der Waals surface area (Å²) in [6, 6.07) is 0.554. The number of amides is 3. The van der Waals surface area contributed by atoms with Gasteiger partial charge >= 0.3 is 0 Å². The van der Waals surface area contributed by atoms with Gasteiger partial charge < -0.3 is 14.7 Å². The third-order valence-corrected chi connectivity index (χ3v) is 7.61. The van der Waals surface area contributed by atoms with Crippen molar-refractivity contribution < 1.29 is 14.4 Å². The second-order valence-electron chi connectivity index (χ2n) is 9.28. The zero-order valence-corrected chi connectivity index (χ0v) is 16.8. The van der Waals surface area contributed by atoms with Crippen LogP contribution in [0.5, 0.6) is 0 Å². The number of nitrogens with zero attached hydrogens (tertiary/aromatic N) is 3. The molecule has 3 amide bonds. The van der Waals surface area contributed by atoms with E-state index in [1.807, 2.05) is 4.90 Å². The van der Waals surface area contributed by atoms with Crippen LogP contribution in [0.15, 0.2) is 0 Å². The van der Waals surface area contributed by atoms with Gasteiger partial charge in [-0.15, -0.1) is 0 Å². The van der Waals surface area contributed by atoms with Crippen molar-refractivity contribution in [2.75, 3.05) is 19.6 Å². The minimum atomic E-state index is -0.0104. The highest BCUT2D eigenvalue weighted by Gasteiger charge is 2.60. The highest BCUT2D eigenvalue weighted by atomic mass is 16.2. The monoisotopic (exact) mass is 375 g/mol. The molecule has 6 nitrogen and oxygen atoms in total. The van der Waals surface area contributed by atoms with Crippen LogP contribution in [0.25, 0.3) is 0 Å². The van der Waals surface area contributed by atoms with Crippen LogP contribution in [0, 0.1) is 5.41 Å². The fraction of sp³-hybridized carbons (Fsp3) is 0.857. The van der Waals surface area contributed by atoms with E-state index >= 15 is 0 Å². The van der Waals surface area contributed by atoms with Gasteiger partial charge in [0.05, 0.1) is 12.6 Å². The minimum absolute atomic E-state index is 0.0104. The molecule has 0 spiro atoms. The third-order valence-electron chi connectivity index (χ3n) is 7.61. The lowest BCUT2D eigenvalue weighted by molar-refractivity contribution is -0.142. The van der Waals surface area contributed by atoms with Gasteiger partial charge in [0.1, 0.15) is 0 Å². The molecule has 0 unspecified atom stereocenters. The Kier molecular flexibility index (Phi) is 4.93. The molecule has 0 N–H and O–H groups in total. The maximum absolute atomic E-state index is 13.4. The van der Waals surface area contributed by atoms with E-state index in [4.69, 9.17) is 0 Å². The second kappa shape index (κ2) is 7.10. The first-order chi connectivity index (χ1) is 12.9. The predicted octanol–water partition coefficient (Wildman–Crippen LogP) is 2.17. The van der Waals surface area contributed by atoms with Crippen LogP contribution in [-0.2, 0) is 14.4 Å². The Hall–Kier alpha value is -1.59. The summed E-state index contributed by atoms with van der Waals surface area (Å²) in [5, 5.41) is 0. The molecule has 4 atom stereocenters. The highest BCUT2D eigenvalue weighted by Crippen LogP contribution is 2.53. The lowest BCUT2D eigenvalue weighted by Crippen LogP contribution is -2.55. The topological polar surface area (TPSA) is 60.9 Å². The molecule has 0 radical (unpaired) electrons. The molecule has 4 rings (SSSR count). The van der Waals surface area contributed by atoms with Gasteiger partial charge in [0.25, 0.3) is 0 Å². The van der Waals surface area contributed by atoms with Crippen LogP contribution in [0.2, 0.25) is 0 Å². The van der Waals surface area contributed by atoms with Crippen molar-refractivity contribution >= 4 is 17.7 Å². The van der Waals surface area contributed by atoms with E-state index in [0.717, 1.165) is 51.4 Å². The molecule has 2 bridgehead atoms. The van der Waals surface area contributed by atoms with Gasteiger partial charge in [-0.25, -0.2) is 0 Å². The first-order valence-corrected chi connectivity index (χ1v) is 10.8. The molecule has 3 aliphatic heterocycles. The third kappa shape index (κ3) is 3.15. The van der Waals surface area contributed by atoms with Crippen LogP contribution in [-0.4, -0.2) is 70.2 Å². The molecule has 6 heteroatoms. The molecule has 0 aromatic rings. The summed E-state index contributed by atoms with van der Waals surface area (Å²) in [4.78, 5) is 44.0. The Morgan fingerprint density at radius 1 is 1.07 bits per heavy atom. The summed E-state index contributed by atoms with van der Waals surface area (Å²) in [7, 11) is 0. The molecule has 4 fully saturated rings. The summed E-state index contributed by atoms with van der Waals surface area (Å²) in [6.07, 6.45) is 8.86. The van der Waals surface area contributed by atoms with E-state index in [-0.39, 0.29) is 47.8 Å². The number of rotatable bonds is 2. The van der Waals surface area contributed by atoms with Gasteiger partial charge in [0.15, 0.2) is 0 Å². The fourth-order valence-electron chi connectivity index (χ4n) is 6.34. The molecule has 1 aliphatic carbocycles. The molecule has 0 aromatic carbocycles. The Labute approximate surface area is 162 Å². The molecule has 4 aliphatic rings. The number of likely N-dealkylation sites (tertiary alicyclic amines) is 3. The Balaban J connectivity index is 1.58. The maximum atomic E-state index is 13.4. The van der Waals surface area contributed by atoms with Gasteiger partial charge in [-0.05, 0) is 32.1 Å². The molecule has 3 heterocycles. The first-order valence-electron chi connectivity index (χ1n) is 10.8. The van der Waals surface area contributed by atoms with E-state index in [9.17, 15) is 14.4 Å². The zero-order chi connectivity index (χ0) is 19.2. The Morgan fingerprint density at radius 2 is 1.81 bits per heavy atom. The second-order valence-corrected chi connectivity index (χ2v) is 9.28. The average molecular weight is 376 g/mol. The van der Waals surface area contributed by atoms with Crippen molar-refractivity contribution in [3.63, 3.8) is 0 Å². The maximum Gasteiger partial charge on any atom is 0.242 e. The van der Waals surface area contributed by atoms with Gasteiger partial charge in [-0.3, -0.25) is 14.4 Å². The van der Waals surface area contributed by atoms with Crippen molar-refractivity contribution in [3.05, 3.63) is 0 Å². The standard InChI is InChI=1S/C21H33N3O3/c1-15(25)23-13-16-12-21(2)17(23)8-5-6-9-18(21)24(16)20(27)14-22-11-7-3-4-10-19(22)26/h16-18H,3-14H2,1-2H3/t16-,17+,18-,21+/m0/s1. The van der Waals surface area contributed by atoms with Crippen LogP contribution >= 0.6 is 0 Å². The molecule has 27 heavy (non-hydrogen) atoms. The van der Waals surface area contributed by atoms with E-state index in [1.54, 1.807) is 11.8 Å². The fourth-order valence-corrected chi connectivity index (χ4v) is 6.34. The minimum Gasteiger partial charge on any atom is -0.337 e. The van der Waals surface area contributed by atoms with E-state index in [1.165, 1.54) is 0 Å². The summed E-state index contributed by atoms with van der Waals surface area (Å²) in [5.41, 5.74) is -0.0104. The van der Waals surface area contributed by atoms with Crippen molar-refractivity contribution in [2.24, 2.45) is 5.41 Å². The Bertz CT molecular complexity index is 636. The predicted molar refractivity (Wildman–Crippen MR) is 102 cm³/mol. The zero-order valence-electron chi connectivity index (χ0n) is 16.8. The number of fused-ring (bicyclic) bond motifs is 1. The molecule has 3 saturated heterocycles. The average Bonchev–Trinajstić information content (AvgIpc) is 2.79. The normalized spacial score (nSPS) is 36.4. The van der Waals surface area contributed by atoms with E-state index in [0.29, 0.717) is 19.5 Å². The van der Waals surface area contributed by atoms with Gasteiger partial charge in [-0.1, -0.05) is 26.2 Å². The quantitative estimate of drug-likeness (QED) is 0.743. The SMILES string of the molecule is CC(=O)N1C[C@@H]2C[C@@]3(C)[C@H](CCCC[C@@H]13)N2C(=O)CN1CCCCCC1=O. The molecule has 0 aromatic heterocycles. The largest absolute Gasteiger partial charge is 0.337 e. The summed E-state index contributed by atoms with van der Waals surface area (Å²) >= 11 is 0. The van der Waals surface area contributed by atoms with Crippen molar-refractivity contribution in [1.82, 2.24) is 14.7 Å². The van der Waals surface area contributed by atoms with E-state index in [2.05, 4.69) is 11.8 Å². The van der Waals surface area contributed by atoms with Gasteiger partial charge in [0, 0.05) is 43.9 Å². The lowest BCUT2D eigenvalue weighted by atomic mass is 9.71. The number of hydrogen-bond donors (Lipinski definition) is 0. The van der Waals surface area contributed by atoms with Gasteiger partial charge in [0.2, 0.25) is 17.7 Å². The van der Waals surface area contributed by atoms with Gasteiger partial charge in [-0.2, -0.15) is 0 Å². The number of hydrogen-bond acceptors (Lipinski definition) is 3. The smallest absolute Gasteiger partial charge is 0.242 e. The summed E-state index contributed by atoms with van der Waals surface area (Å²) in [6.45, 7) is 5.53. The molecular formula is C21H33N3O3. The van der Waals surface area contributed by atoms with Crippen LogP contribution < -0.4 is 0 Å². The van der Waals surface area contributed by atoms with Crippen molar-refractivity contribution in [3.8, 4) is 0 Å². The lowest BCUT2D eigenvalue weighted by Gasteiger charge is -2.46. The number of carbonyl (C=O) groups is 3. The highest BCUT2D eigenvalue weighted by molar-refractivity contribution is 5.86. The van der Waals surface area contributed by atoms with Crippen LogP contribution in [0.4, 0.5) is 0 Å².